The molecule has 2 unspecified atom stereocenters. The summed E-state index contributed by atoms with van der Waals surface area (Å²) in [7, 11) is 1.72. The van der Waals surface area contributed by atoms with Gasteiger partial charge in [0.1, 0.15) is 0 Å². The molecule has 0 aromatic rings. The zero-order valence-corrected chi connectivity index (χ0v) is 10.4. The predicted octanol–water partition coefficient (Wildman–Crippen LogP) is 0.856. The number of likely N-dealkylation sites (tertiary alicyclic amines) is 1. The number of ether oxygens (including phenoxy) is 1. The van der Waals surface area contributed by atoms with E-state index in [0.717, 1.165) is 32.5 Å². The van der Waals surface area contributed by atoms with Crippen molar-refractivity contribution in [3.05, 3.63) is 0 Å². The molecule has 0 bridgehead atoms. The molecular weight excluding hydrogens is 204 g/mol. The standard InChI is InChI=1S/C12H24N2O2/c1-10(5-6-13)12(15)14-7-3-4-11(8-14)9-16-2/h10-11H,3-9,13H2,1-2H3. The maximum Gasteiger partial charge on any atom is 0.225 e. The molecule has 1 amide bonds. The third-order valence-corrected chi connectivity index (χ3v) is 3.25. The third kappa shape index (κ3) is 3.76. The molecule has 2 atom stereocenters. The number of rotatable bonds is 5. The Morgan fingerprint density at radius 1 is 1.62 bits per heavy atom. The van der Waals surface area contributed by atoms with Gasteiger partial charge in [-0.3, -0.25) is 4.79 Å². The average molecular weight is 228 g/mol. The Balaban J connectivity index is 2.43. The van der Waals surface area contributed by atoms with Crippen molar-refractivity contribution in [3.63, 3.8) is 0 Å². The van der Waals surface area contributed by atoms with Crippen molar-refractivity contribution in [2.75, 3.05) is 33.4 Å². The first-order valence-electron chi connectivity index (χ1n) is 6.16. The van der Waals surface area contributed by atoms with Crippen molar-refractivity contribution in [1.29, 1.82) is 0 Å². The van der Waals surface area contributed by atoms with Crippen LogP contribution in [0.5, 0.6) is 0 Å². The van der Waals surface area contributed by atoms with Crippen molar-refractivity contribution in [1.82, 2.24) is 4.90 Å². The lowest BCUT2D eigenvalue weighted by Crippen LogP contribution is -2.43. The molecule has 1 saturated heterocycles. The summed E-state index contributed by atoms with van der Waals surface area (Å²) in [5.74, 6) is 0.824. The quantitative estimate of drug-likeness (QED) is 0.759. The molecule has 0 spiro atoms. The zero-order chi connectivity index (χ0) is 12.0. The minimum Gasteiger partial charge on any atom is -0.384 e. The van der Waals surface area contributed by atoms with Gasteiger partial charge in [0.25, 0.3) is 0 Å². The van der Waals surface area contributed by atoms with E-state index in [-0.39, 0.29) is 11.8 Å². The molecule has 0 aliphatic carbocycles. The Hall–Kier alpha value is -0.610. The van der Waals surface area contributed by atoms with Crippen molar-refractivity contribution < 1.29 is 9.53 Å². The van der Waals surface area contributed by atoms with E-state index in [0.29, 0.717) is 12.5 Å². The maximum absolute atomic E-state index is 12.1. The first-order chi connectivity index (χ1) is 7.69. The fourth-order valence-corrected chi connectivity index (χ4v) is 2.32. The van der Waals surface area contributed by atoms with Gasteiger partial charge in [-0.1, -0.05) is 6.92 Å². The molecule has 1 aliphatic rings. The maximum atomic E-state index is 12.1. The number of hydrogen-bond donors (Lipinski definition) is 1. The van der Waals surface area contributed by atoms with Crippen LogP contribution in [-0.4, -0.2) is 44.2 Å². The van der Waals surface area contributed by atoms with Crippen LogP contribution in [0.3, 0.4) is 0 Å². The lowest BCUT2D eigenvalue weighted by molar-refractivity contribution is -0.137. The number of carbonyl (C=O) groups is 1. The fraction of sp³-hybridized carbons (Fsp3) is 0.917. The summed E-state index contributed by atoms with van der Waals surface area (Å²) >= 11 is 0. The van der Waals surface area contributed by atoms with Gasteiger partial charge < -0.3 is 15.4 Å². The molecule has 4 nitrogen and oxygen atoms in total. The molecule has 2 N–H and O–H groups in total. The number of amides is 1. The molecular formula is C12H24N2O2. The Morgan fingerprint density at radius 3 is 3.00 bits per heavy atom. The highest BCUT2D eigenvalue weighted by atomic mass is 16.5. The molecule has 4 heteroatoms. The van der Waals surface area contributed by atoms with Gasteiger partial charge in [-0.15, -0.1) is 0 Å². The van der Waals surface area contributed by atoms with Crippen LogP contribution in [0.4, 0.5) is 0 Å². The van der Waals surface area contributed by atoms with Crippen molar-refractivity contribution >= 4 is 5.91 Å². The second kappa shape index (κ2) is 6.86. The Labute approximate surface area is 98.1 Å². The zero-order valence-electron chi connectivity index (χ0n) is 10.4. The van der Waals surface area contributed by atoms with Gasteiger partial charge in [-0.25, -0.2) is 0 Å². The largest absolute Gasteiger partial charge is 0.384 e. The van der Waals surface area contributed by atoms with Gasteiger partial charge >= 0.3 is 0 Å². The summed E-state index contributed by atoms with van der Waals surface area (Å²) in [4.78, 5) is 14.0. The van der Waals surface area contributed by atoms with E-state index in [1.807, 2.05) is 11.8 Å². The van der Waals surface area contributed by atoms with Crippen LogP contribution >= 0.6 is 0 Å². The molecule has 94 valence electrons. The normalized spacial score (nSPS) is 23.2. The first kappa shape index (κ1) is 13.5. The van der Waals surface area contributed by atoms with E-state index in [2.05, 4.69) is 0 Å². The topological polar surface area (TPSA) is 55.6 Å². The second-order valence-corrected chi connectivity index (χ2v) is 4.73. The molecule has 1 aliphatic heterocycles. The van der Waals surface area contributed by atoms with Gasteiger partial charge in [0.15, 0.2) is 0 Å². The van der Waals surface area contributed by atoms with Crippen LogP contribution in [0, 0.1) is 11.8 Å². The number of nitrogens with two attached hydrogens (primary N) is 1. The van der Waals surface area contributed by atoms with Gasteiger partial charge in [0.05, 0.1) is 6.61 Å². The lowest BCUT2D eigenvalue weighted by atomic mass is 9.97. The molecule has 0 radical (unpaired) electrons. The number of piperidine rings is 1. The number of carbonyl (C=O) groups excluding carboxylic acids is 1. The number of nitrogens with zero attached hydrogens (tertiary/aromatic N) is 1. The summed E-state index contributed by atoms with van der Waals surface area (Å²) in [6.45, 7) is 5.06. The van der Waals surface area contributed by atoms with Gasteiger partial charge in [0.2, 0.25) is 5.91 Å². The summed E-state index contributed by atoms with van der Waals surface area (Å²) in [6, 6.07) is 0. The minimum absolute atomic E-state index is 0.0614. The molecule has 1 heterocycles. The van der Waals surface area contributed by atoms with Crippen LogP contribution in [-0.2, 0) is 9.53 Å². The van der Waals surface area contributed by atoms with Crippen molar-refractivity contribution in [2.45, 2.75) is 26.2 Å². The van der Waals surface area contributed by atoms with Crippen molar-refractivity contribution in [3.8, 4) is 0 Å². The van der Waals surface area contributed by atoms with E-state index in [1.165, 1.54) is 6.42 Å². The van der Waals surface area contributed by atoms with Gasteiger partial charge in [-0.05, 0) is 31.7 Å². The van der Waals surface area contributed by atoms with Crippen LogP contribution in [0.15, 0.2) is 0 Å². The van der Waals surface area contributed by atoms with E-state index < -0.39 is 0 Å². The molecule has 0 saturated carbocycles. The van der Waals surface area contributed by atoms with Crippen LogP contribution in [0.1, 0.15) is 26.2 Å². The third-order valence-electron chi connectivity index (χ3n) is 3.25. The van der Waals surface area contributed by atoms with E-state index in [9.17, 15) is 4.79 Å². The summed E-state index contributed by atoms with van der Waals surface area (Å²) in [6.07, 6.45) is 3.04. The van der Waals surface area contributed by atoms with Gasteiger partial charge in [-0.2, -0.15) is 0 Å². The minimum atomic E-state index is 0.0614. The number of hydrogen-bond acceptors (Lipinski definition) is 3. The molecule has 0 aromatic carbocycles. The Kier molecular flexibility index (Phi) is 5.77. The SMILES string of the molecule is COCC1CCCN(C(=O)C(C)CCN)C1. The van der Waals surface area contributed by atoms with Gasteiger partial charge in [0, 0.05) is 26.1 Å². The average Bonchev–Trinajstić information content (AvgIpc) is 2.29. The van der Waals surface area contributed by atoms with E-state index >= 15 is 0 Å². The lowest BCUT2D eigenvalue weighted by Gasteiger charge is -2.34. The summed E-state index contributed by atoms with van der Waals surface area (Å²) < 4.78 is 5.16. The monoisotopic (exact) mass is 228 g/mol. The smallest absolute Gasteiger partial charge is 0.225 e. The van der Waals surface area contributed by atoms with E-state index in [4.69, 9.17) is 10.5 Å². The summed E-state index contributed by atoms with van der Waals surface area (Å²) in [5, 5.41) is 0. The Morgan fingerprint density at radius 2 is 2.38 bits per heavy atom. The molecule has 0 aromatic heterocycles. The fourth-order valence-electron chi connectivity index (χ4n) is 2.32. The highest BCUT2D eigenvalue weighted by Gasteiger charge is 2.26. The van der Waals surface area contributed by atoms with Crippen LogP contribution in [0.25, 0.3) is 0 Å². The summed E-state index contributed by atoms with van der Waals surface area (Å²) in [5.41, 5.74) is 5.48. The van der Waals surface area contributed by atoms with E-state index in [1.54, 1.807) is 7.11 Å². The number of methoxy groups -OCH3 is 1. The highest BCUT2D eigenvalue weighted by Crippen LogP contribution is 2.19. The first-order valence-corrected chi connectivity index (χ1v) is 6.16. The van der Waals surface area contributed by atoms with Crippen LogP contribution in [0.2, 0.25) is 0 Å². The molecule has 1 rings (SSSR count). The highest BCUT2D eigenvalue weighted by molar-refractivity contribution is 5.78. The second-order valence-electron chi connectivity index (χ2n) is 4.73. The van der Waals surface area contributed by atoms with Crippen LogP contribution < -0.4 is 5.73 Å². The van der Waals surface area contributed by atoms with Crippen molar-refractivity contribution in [2.24, 2.45) is 17.6 Å². The molecule has 1 fully saturated rings. The predicted molar refractivity (Wildman–Crippen MR) is 64.0 cm³/mol. The Bertz CT molecular complexity index is 219. The molecule has 16 heavy (non-hydrogen) atoms.